The molecule has 1 aromatic carbocycles. The van der Waals surface area contributed by atoms with Gasteiger partial charge in [-0.25, -0.2) is 0 Å². The first-order valence-electron chi connectivity index (χ1n) is 7.30. The molecule has 0 aromatic heterocycles. The molecular weight excluding hydrogens is 268 g/mol. The minimum absolute atomic E-state index is 0.143. The van der Waals surface area contributed by atoms with Crippen molar-refractivity contribution >= 4 is 5.69 Å². The molecule has 0 unspecified atom stereocenters. The van der Waals surface area contributed by atoms with E-state index in [9.17, 15) is 10.1 Å². The van der Waals surface area contributed by atoms with Crippen molar-refractivity contribution in [3.8, 4) is 0 Å². The second-order valence-corrected chi connectivity index (χ2v) is 6.67. The van der Waals surface area contributed by atoms with E-state index in [1.54, 1.807) is 19.1 Å². The quantitative estimate of drug-likeness (QED) is 0.619. The lowest BCUT2D eigenvalue weighted by atomic mass is 9.95. The van der Waals surface area contributed by atoms with E-state index in [1.807, 2.05) is 6.07 Å². The van der Waals surface area contributed by atoms with E-state index in [-0.39, 0.29) is 22.6 Å². The Kier molecular flexibility index (Phi) is 6.30. The molecule has 0 aliphatic rings. The second-order valence-electron chi connectivity index (χ2n) is 6.67. The fraction of sp³-hybridized carbons (Fsp3) is 0.625. The Bertz CT molecular complexity index is 481. The number of nitro benzene ring substituents is 1. The summed E-state index contributed by atoms with van der Waals surface area (Å²) < 4.78 is 0. The summed E-state index contributed by atoms with van der Waals surface area (Å²) in [7, 11) is 0. The molecule has 0 radical (unpaired) electrons. The highest BCUT2D eigenvalue weighted by Gasteiger charge is 2.19. The maximum absolute atomic E-state index is 11.0. The number of aliphatic hydroxyl groups is 1. The van der Waals surface area contributed by atoms with Crippen molar-refractivity contribution in [3.63, 3.8) is 0 Å². The van der Waals surface area contributed by atoms with E-state index in [2.05, 4.69) is 25.7 Å². The monoisotopic (exact) mass is 294 g/mol. The number of rotatable bonds is 7. The van der Waals surface area contributed by atoms with E-state index in [0.717, 1.165) is 24.2 Å². The topological polar surface area (TPSA) is 66.6 Å². The van der Waals surface area contributed by atoms with Gasteiger partial charge in [0.15, 0.2) is 0 Å². The van der Waals surface area contributed by atoms with Gasteiger partial charge in [0.2, 0.25) is 0 Å². The van der Waals surface area contributed by atoms with Crippen LogP contribution in [0.25, 0.3) is 0 Å². The Morgan fingerprint density at radius 2 is 2.00 bits per heavy atom. The first kappa shape index (κ1) is 17.6. The Morgan fingerprint density at radius 3 is 2.52 bits per heavy atom. The molecule has 0 aliphatic heterocycles. The standard InChI is InChI=1S/C16H26N2O3/c1-13-14(7-5-8-15(13)18(20)21)11-17(9-6-10-19)12-16(2,3)4/h5,7-8,19H,6,9-12H2,1-4H3. The van der Waals surface area contributed by atoms with Gasteiger partial charge in [-0.15, -0.1) is 0 Å². The van der Waals surface area contributed by atoms with Gasteiger partial charge in [0, 0.05) is 37.9 Å². The predicted octanol–water partition coefficient (Wildman–Crippen LogP) is 3.13. The van der Waals surface area contributed by atoms with Crippen molar-refractivity contribution in [1.82, 2.24) is 4.90 Å². The zero-order chi connectivity index (χ0) is 16.0. The molecule has 0 amide bonds. The molecule has 1 rings (SSSR count). The van der Waals surface area contributed by atoms with Crippen LogP contribution in [0, 0.1) is 22.5 Å². The van der Waals surface area contributed by atoms with E-state index in [4.69, 9.17) is 5.11 Å². The lowest BCUT2D eigenvalue weighted by molar-refractivity contribution is -0.385. The van der Waals surface area contributed by atoms with Crippen molar-refractivity contribution in [2.45, 2.75) is 40.7 Å². The zero-order valence-corrected chi connectivity index (χ0v) is 13.4. The molecule has 5 heteroatoms. The molecule has 1 N–H and O–H groups in total. The van der Waals surface area contributed by atoms with E-state index >= 15 is 0 Å². The van der Waals surface area contributed by atoms with Gasteiger partial charge in [0.1, 0.15) is 0 Å². The van der Waals surface area contributed by atoms with Crippen molar-refractivity contribution in [2.75, 3.05) is 19.7 Å². The summed E-state index contributed by atoms with van der Waals surface area (Å²) in [6.07, 6.45) is 0.712. The molecule has 0 bridgehead atoms. The van der Waals surface area contributed by atoms with Crippen molar-refractivity contribution < 1.29 is 10.0 Å². The average Bonchev–Trinajstić information content (AvgIpc) is 2.36. The van der Waals surface area contributed by atoms with Crippen LogP contribution in [0.4, 0.5) is 5.69 Å². The summed E-state index contributed by atoms with van der Waals surface area (Å²) in [6, 6.07) is 5.22. The highest BCUT2D eigenvalue weighted by molar-refractivity contribution is 5.44. The Labute approximate surface area is 126 Å². The van der Waals surface area contributed by atoms with Crippen molar-refractivity contribution in [2.24, 2.45) is 5.41 Å². The van der Waals surface area contributed by atoms with Crippen LogP contribution in [0.5, 0.6) is 0 Å². The maximum Gasteiger partial charge on any atom is 0.272 e. The fourth-order valence-electron chi connectivity index (χ4n) is 2.46. The number of hydrogen-bond donors (Lipinski definition) is 1. The third-order valence-corrected chi connectivity index (χ3v) is 3.34. The van der Waals surface area contributed by atoms with Gasteiger partial charge >= 0.3 is 0 Å². The third kappa shape index (κ3) is 5.81. The summed E-state index contributed by atoms with van der Waals surface area (Å²) in [5, 5.41) is 20.1. The molecule has 5 nitrogen and oxygen atoms in total. The van der Waals surface area contributed by atoms with Gasteiger partial charge in [0.05, 0.1) is 4.92 Å². The molecule has 0 saturated carbocycles. The summed E-state index contributed by atoms with van der Waals surface area (Å²) in [5.41, 5.74) is 2.02. The molecular formula is C16H26N2O3. The van der Waals surface area contributed by atoms with Crippen LogP contribution < -0.4 is 0 Å². The second kappa shape index (κ2) is 7.52. The van der Waals surface area contributed by atoms with Crippen LogP contribution in [-0.4, -0.2) is 34.6 Å². The smallest absolute Gasteiger partial charge is 0.272 e. The zero-order valence-electron chi connectivity index (χ0n) is 13.4. The van der Waals surface area contributed by atoms with Crippen LogP contribution in [0.15, 0.2) is 18.2 Å². The van der Waals surface area contributed by atoms with Gasteiger partial charge in [0.25, 0.3) is 5.69 Å². The Balaban J connectivity index is 2.92. The molecule has 0 aliphatic carbocycles. The van der Waals surface area contributed by atoms with Crippen molar-refractivity contribution in [3.05, 3.63) is 39.4 Å². The van der Waals surface area contributed by atoms with Gasteiger partial charge in [-0.3, -0.25) is 15.0 Å². The van der Waals surface area contributed by atoms with Crippen LogP contribution in [0.3, 0.4) is 0 Å². The van der Waals surface area contributed by atoms with Gasteiger partial charge in [-0.2, -0.15) is 0 Å². The van der Waals surface area contributed by atoms with Gasteiger partial charge in [-0.1, -0.05) is 32.9 Å². The molecule has 118 valence electrons. The van der Waals surface area contributed by atoms with E-state index < -0.39 is 0 Å². The first-order chi connectivity index (χ1) is 9.74. The number of nitrogens with zero attached hydrogens (tertiary/aromatic N) is 2. The SMILES string of the molecule is Cc1c(CN(CCCO)CC(C)(C)C)cccc1[N+](=O)[O-]. The minimum Gasteiger partial charge on any atom is -0.396 e. The molecule has 1 aromatic rings. The maximum atomic E-state index is 11.0. The fourth-order valence-corrected chi connectivity index (χ4v) is 2.46. The number of aliphatic hydroxyl groups excluding tert-OH is 1. The number of hydrogen-bond acceptors (Lipinski definition) is 4. The van der Waals surface area contributed by atoms with Gasteiger partial charge < -0.3 is 5.11 Å². The summed E-state index contributed by atoms with van der Waals surface area (Å²) >= 11 is 0. The number of benzene rings is 1. The summed E-state index contributed by atoms with van der Waals surface area (Å²) in [4.78, 5) is 12.9. The van der Waals surface area contributed by atoms with Crippen molar-refractivity contribution in [1.29, 1.82) is 0 Å². The van der Waals surface area contributed by atoms with Crippen LogP contribution in [0.1, 0.15) is 38.3 Å². The normalized spacial score (nSPS) is 11.9. The predicted molar refractivity (Wildman–Crippen MR) is 84.3 cm³/mol. The van der Waals surface area contributed by atoms with E-state index in [0.29, 0.717) is 13.0 Å². The number of nitro groups is 1. The lowest BCUT2D eigenvalue weighted by Gasteiger charge is -2.30. The molecule has 0 saturated heterocycles. The Hall–Kier alpha value is -1.46. The van der Waals surface area contributed by atoms with Crippen LogP contribution in [0.2, 0.25) is 0 Å². The van der Waals surface area contributed by atoms with E-state index in [1.165, 1.54) is 0 Å². The first-order valence-corrected chi connectivity index (χ1v) is 7.30. The largest absolute Gasteiger partial charge is 0.396 e. The molecule has 21 heavy (non-hydrogen) atoms. The highest BCUT2D eigenvalue weighted by atomic mass is 16.6. The minimum atomic E-state index is -0.333. The average molecular weight is 294 g/mol. The molecule has 0 atom stereocenters. The third-order valence-electron chi connectivity index (χ3n) is 3.34. The highest BCUT2D eigenvalue weighted by Crippen LogP contribution is 2.24. The molecule has 0 heterocycles. The lowest BCUT2D eigenvalue weighted by Crippen LogP contribution is -2.33. The summed E-state index contributed by atoms with van der Waals surface area (Å²) in [5.74, 6) is 0. The van der Waals surface area contributed by atoms with Crippen LogP contribution >= 0.6 is 0 Å². The molecule has 0 fully saturated rings. The summed E-state index contributed by atoms with van der Waals surface area (Å²) in [6.45, 7) is 10.8. The van der Waals surface area contributed by atoms with Crippen LogP contribution in [-0.2, 0) is 6.54 Å². The molecule has 0 spiro atoms. The Morgan fingerprint density at radius 1 is 1.33 bits per heavy atom. The van der Waals surface area contributed by atoms with Gasteiger partial charge in [-0.05, 0) is 24.3 Å².